The second kappa shape index (κ2) is 13.3. The molecule has 1 saturated heterocycles. The summed E-state index contributed by atoms with van der Waals surface area (Å²) in [5.41, 5.74) is 1.39. The Morgan fingerprint density at radius 1 is 1.04 bits per heavy atom. The summed E-state index contributed by atoms with van der Waals surface area (Å²) in [6.07, 6.45) is 3.85. The van der Waals surface area contributed by atoms with Crippen LogP contribution in [-0.4, -0.2) is 66.2 Å². The van der Waals surface area contributed by atoms with Gasteiger partial charge in [0.2, 0.25) is 0 Å². The fourth-order valence-electron chi connectivity index (χ4n) is 4.54. The molecule has 5 aromatic rings. The van der Waals surface area contributed by atoms with Crippen LogP contribution in [0.2, 0.25) is 0 Å². The number of nitrogens with one attached hydrogen (secondary N) is 2. The first-order valence-electron chi connectivity index (χ1n) is 13.4. The van der Waals surface area contributed by atoms with Gasteiger partial charge in [0.1, 0.15) is 11.4 Å². The van der Waals surface area contributed by atoms with Gasteiger partial charge >= 0.3 is 0 Å². The van der Waals surface area contributed by atoms with E-state index in [1.54, 1.807) is 12.3 Å². The van der Waals surface area contributed by atoms with Crippen LogP contribution >= 0.6 is 0 Å². The van der Waals surface area contributed by atoms with Crippen molar-refractivity contribution >= 4 is 38.3 Å². The zero-order chi connectivity index (χ0) is 32.1. The SMILES string of the molecule is CS(=O)(=O)O.O=C(Nc1ccc(Oc2cc3cn[nH]c3cc2N2CCOCC2)c(F)c1)c1cccn(-c2ccc(F)cc2)c1=O. The molecule has 1 fully saturated rings. The Morgan fingerprint density at radius 2 is 1.76 bits per heavy atom. The van der Waals surface area contributed by atoms with Crippen LogP contribution in [0, 0.1) is 11.6 Å². The van der Waals surface area contributed by atoms with Crippen molar-refractivity contribution in [2.45, 2.75) is 0 Å². The van der Waals surface area contributed by atoms with Crippen LogP contribution in [-0.2, 0) is 14.9 Å². The Balaban J connectivity index is 0.000000743. The molecule has 0 unspecified atom stereocenters. The molecular weight excluding hydrogens is 612 g/mol. The van der Waals surface area contributed by atoms with Crippen LogP contribution in [0.25, 0.3) is 16.6 Å². The first-order valence-corrected chi connectivity index (χ1v) is 15.3. The lowest BCUT2D eigenvalue weighted by Gasteiger charge is -2.30. The lowest BCUT2D eigenvalue weighted by Crippen LogP contribution is -2.36. The van der Waals surface area contributed by atoms with E-state index in [1.807, 2.05) is 6.07 Å². The fourth-order valence-corrected chi connectivity index (χ4v) is 4.54. The largest absolute Gasteiger partial charge is 0.452 e. The van der Waals surface area contributed by atoms with Crippen LogP contribution < -0.4 is 20.5 Å². The van der Waals surface area contributed by atoms with Crippen molar-refractivity contribution in [3.63, 3.8) is 0 Å². The molecule has 0 spiro atoms. The predicted molar refractivity (Wildman–Crippen MR) is 163 cm³/mol. The van der Waals surface area contributed by atoms with Gasteiger partial charge in [-0.3, -0.25) is 23.8 Å². The van der Waals surface area contributed by atoms with Gasteiger partial charge in [-0.05, 0) is 60.7 Å². The average Bonchev–Trinajstić information content (AvgIpc) is 3.46. The molecule has 3 heterocycles. The molecule has 0 saturated carbocycles. The summed E-state index contributed by atoms with van der Waals surface area (Å²) < 4.78 is 67.0. The molecule has 3 N–H and O–H groups in total. The van der Waals surface area contributed by atoms with Gasteiger partial charge in [-0.15, -0.1) is 0 Å². The van der Waals surface area contributed by atoms with Crippen LogP contribution in [0.5, 0.6) is 11.5 Å². The lowest BCUT2D eigenvalue weighted by molar-refractivity contribution is 0.102. The maximum absolute atomic E-state index is 15.2. The maximum atomic E-state index is 15.2. The second-order valence-electron chi connectivity index (χ2n) is 9.88. The van der Waals surface area contributed by atoms with Crippen molar-refractivity contribution in [2.24, 2.45) is 0 Å². The van der Waals surface area contributed by atoms with Gasteiger partial charge < -0.3 is 19.7 Å². The molecule has 0 atom stereocenters. The van der Waals surface area contributed by atoms with Crippen LogP contribution in [0.4, 0.5) is 20.2 Å². The number of H-pyrrole nitrogens is 1. The summed E-state index contributed by atoms with van der Waals surface area (Å²) in [4.78, 5) is 28.0. The fraction of sp³-hybridized carbons (Fsp3) is 0.167. The highest BCUT2D eigenvalue weighted by Gasteiger charge is 2.20. The van der Waals surface area contributed by atoms with Crippen molar-refractivity contribution in [1.29, 1.82) is 0 Å². The van der Waals surface area contributed by atoms with Crippen molar-refractivity contribution in [2.75, 3.05) is 42.8 Å². The topological polar surface area (TPSA) is 156 Å². The Bertz CT molecular complexity index is 2000. The summed E-state index contributed by atoms with van der Waals surface area (Å²) in [5.74, 6) is -1.44. The maximum Gasteiger partial charge on any atom is 0.267 e. The van der Waals surface area contributed by atoms with E-state index in [0.717, 1.165) is 22.7 Å². The smallest absolute Gasteiger partial charge is 0.267 e. The number of aromatic nitrogens is 3. The Labute approximate surface area is 255 Å². The van der Waals surface area contributed by atoms with Crippen LogP contribution in [0.15, 0.2) is 83.9 Å². The number of halogens is 2. The Morgan fingerprint density at radius 3 is 2.44 bits per heavy atom. The first kappa shape index (κ1) is 31.3. The van der Waals surface area contributed by atoms with Crippen molar-refractivity contribution < 1.29 is 36.0 Å². The van der Waals surface area contributed by atoms with E-state index >= 15 is 4.39 Å². The third kappa shape index (κ3) is 7.89. The third-order valence-electron chi connectivity index (χ3n) is 6.58. The van der Waals surface area contributed by atoms with E-state index in [0.29, 0.717) is 44.0 Å². The predicted octanol–water partition coefficient (Wildman–Crippen LogP) is 4.38. The molecule has 1 aliphatic heterocycles. The zero-order valence-electron chi connectivity index (χ0n) is 23.7. The summed E-state index contributed by atoms with van der Waals surface area (Å²) in [6.45, 7) is 2.46. The molecule has 2 aromatic heterocycles. The minimum atomic E-state index is -3.67. The third-order valence-corrected chi connectivity index (χ3v) is 6.58. The number of morpholine rings is 1. The van der Waals surface area contributed by atoms with Gasteiger partial charge in [-0.1, -0.05) is 0 Å². The number of hydrogen-bond donors (Lipinski definition) is 3. The summed E-state index contributed by atoms with van der Waals surface area (Å²) in [5, 5.41) is 10.4. The molecule has 234 valence electrons. The summed E-state index contributed by atoms with van der Waals surface area (Å²) in [7, 11) is -3.67. The minimum absolute atomic E-state index is 0.0336. The van der Waals surface area contributed by atoms with Crippen molar-refractivity contribution in [3.05, 3.63) is 107 Å². The minimum Gasteiger partial charge on any atom is -0.452 e. The molecule has 1 amide bonds. The Hall–Kier alpha value is -5.12. The number of carbonyl (C=O) groups is 1. The lowest BCUT2D eigenvalue weighted by atomic mass is 10.2. The van der Waals surface area contributed by atoms with E-state index < -0.39 is 33.2 Å². The van der Waals surface area contributed by atoms with E-state index in [9.17, 15) is 22.4 Å². The van der Waals surface area contributed by atoms with E-state index in [2.05, 4.69) is 20.4 Å². The normalized spacial score (nSPS) is 13.2. The van der Waals surface area contributed by atoms with Gasteiger partial charge in [-0.2, -0.15) is 13.5 Å². The molecule has 6 rings (SSSR count). The number of aromatic amines is 1. The quantitative estimate of drug-likeness (QED) is 0.230. The number of pyridine rings is 1. The number of rotatable bonds is 6. The number of anilines is 2. The molecule has 3 aromatic carbocycles. The number of amides is 1. The molecule has 15 heteroatoms. The van der Waals surface area contributed by atoms with E-state index in [-0.39, 0.29) is 17.0 Å². The van der Waals surface area contributed by atoms with E-state index in [4.69, 9.17) is 14.0 Å². The molecule has 1 aliphatic rings. The zero-order valence-corrected chi connectivity index (χ0v) is 24.6. The summed E-state index contributed by atoms with van der Waals surface area (Å²) >= 11 is 0. The Kier molecular flexibility index (Phi) is 9.22. The average molecular weight is 640 g/mol. The molecule has 0 aliphatic carbocycles. The number of carbonyl (C=O) groups excluding carboxylic acids is 1. The highest BCUT2D eigenvalue weighted by molar-refractivity contribution is 7.85. The van der Waals surface area contributed by atoms with Crippen molar-refractivity contribution in [1.82, 2.24) is 14.8 Å². The van der Waals surface area contributed by atoms with E-state index in [1.165, 1.54) is 59.3 Å². The second-order valence-corrected chi connectivity index (χ2v) is 11.4. The van der Waals surface area contributed by atoms with Gasteiger partial charge in [0, 0.05) is 42.1 Å². The van der Waals surface area contributed by atoms with Gasteiger partial charge in [0.25, 0.3) is 21.6 Å². The number of ether oxygens (including phenoxy) is 2. The molecule has 12 nitrogen and oxygen atoms in total. The number of nitrogens with zero attached hydrogens (tertiary/aromatic N) is 3. The monoisotopic (exact) mass is 639 g/mol. The van der Waals surface area contributed by atoms with Crippen LogP contribution in [0.3, 0.4) is 0 Å². The number of hydrogen-bond acceptors (Lipinski definition) is 8. The number of fused-ring (bicyclic) bond motifs is 1. The van der Waals surface area contributed by atoms with Gasteiger partial charge in [0.05, 0.1) is 36.9 Å². The van der Waals surface area contributed by atoms with Crippen LogP contribution in [0.1, 0.15) is 10.4 Å². The molecule has 0 radical (unpaired) electrons. The highest BCUT2D eigenvalue weighted by atomic mass is 32.2. The molecular formula is C30H27F2N5O7S. The number of benzene rings is 3. The summed E-state index contributed by atoms with van der Waals surface area (Å²) in [6, 6.07) is 15.9. The molecule has 45 heavy (non-hydrogen) atoms. The highest BCUT2D eigenvalue weighted by Crippen LogP contribution is 2.37. The standard InChI is InChI=1S/C29H23F2N5O4.CH4O3S/c30-19-3-6-21(7-4-19)36-9-1-2-22(29(36)38)28(37)33-20-5-8-26(23(31)15-20)40-27-14-18-17-32-34-24(18)16-25(27)35-10-12-39-13-11-35;1-5(2,3)4/h1-9,14-17H,10-13H2,(H,32,34)(H,33,37);1H3,(H,2,3,4). The van der Waals surface area contributed by atoms with Gasteiger partial charge in [0.15, 0.2) is 17.3 Å². The molecule has 0 bridgehead atoms. The van der Waals surface area contributed by atoms with Gasteiger partial charge in [-0.25, -0.2) is 8.78 Å². The van der Waals surface area contributed by atoms with Crippen molar-refractivity contribution in [3.8, 4) is 17.2 Å². The first-order chi connectivity index (χ1) is 21.5.